The Hall–Kier alpha value is -1.58. The highest BCUT2D eigenvalue weighted by Crippen LogP contribution is 2.41. The van der Waals surface area contributed by atoms with E-state index >= 15 is 0 Å². The summed E-state index contributed by atoms with van der Waals surface area (Å²) < 4.78 is 40.3. The lowest BCUT2D eigenvalue weighted by Crippen LogP contribution is -2.24. The summed E-state index contributed by atoms with van der Waals surface area (Å²) in [5, 5.41) is 0. The van der Waals surface area contributed by atoms with Gasteiger partial charge in [0.1, 0.15) is 6.61 Å². The van der Waals surface area contributed by atoms with Crippen molar-refractivity contribution in [3.8, 4) is 11.5 Å². The molecule has 4 rings (SSSR count). The zero-order chi connectivity index (χ0) is 22.3. The first kappa shape index (κ1) is 23.6. The molecule has 0 aromatic heterocycles. The Morgan fingerprint density at radius 3 is 2.28 bits per heavy atom. The SMILES string of the molecule is CCCCC1CCC(C2CC=C(COc3ccc(OC4CCCC4)c(F)c3F)CC2)CC1. The predicted octanol–water partition coefficient (Wildman–Crippen LogP) is 8.39. The van der Waals surface area contributed by atoms with Crippen molar-refractivity contribution in [1.82, 2.24) is 0 Å². The van der Waals surface area contributed by atoms with Gasteiger partial charge in [0.2, 0.25) is 11.6 Å². The number of unbranched alkanes of at least 4 members (excludes halogenated alkanes) is 1. The van der Waals surface area contributed by atoms with E-state index in [0.717, 1.165) is 56.3 Å². The number of hydrogen-bond donors (Lipinski definition) is 0. The van der Waals surface area contributed by atoms with Crippen LogP contribution in [0.2, 0.25) is 0 Å². The summed E-state index contributed by atoms with van der Waals surface area (Å²) >= 11 is 0. The zero-order valence-corrected chi connectivity index (χ0v) is 19.7. The Bertz CT molecular complexity index is 761. The van der Waals surface area contributed by atoms with Crippen LogP contribution >= 0.6 is 0 Å². The van der Waals surface area contributed by atoms with Gasteiger partial charge in [-0.15, -0.1) is 0 Å². The van der Waals surface area contributed by atoms with Crippen LogP contribution in [0, 0.1) is 29.4 Å². The van der Waals surface area contributed by atoms with Crippen LogP contribution in [0.4, 0.5) is 8.78 Å². The number of rotatable bonds is 9. The van der Waals surface area contributed by atoms with E-state index < -0.39 is 11.6 Å². The number of hydrogen-bond acceptors (Lipinski definition) is 2. The monoisotopic (exact) mass is 446 g/mol. The first-order valence-electron chi connectivity index (χ1n) is 13.1. The van der Waals surface area contributed by atoms with Crippen LogP contribution < -0.4 is 9.47 Å². The Balaban J connectivity index is 1.23. The highest BCUT2D eigenvalue weighted by Gasteiger charge is 2.28. The van der Waals surface area contributed by atoms with Gasteiger partial charge in [-0.1, -0.05) is 45.1 Å². The lowest BCUT2D eigenvalue weighted by molar-refractivity contribution is 0.183. The largest absolute Gasteiger partial charge is 0.487 e. The van der Waals surface area contributed by atoms with Crippen LogP contribution in [0.15, 0.2) is 23.8 Å². The van der Waals surface area contributed by atoms with E-state index in [1.165, 1.54) is 69.1 Å². The molecule has 0 spiro atoms. The van der Waals surface area contributed by atoms with E-state index in [1.807, 2.05) is 0 Å². The van der Waals surface area contributed by atoms with Gasteiger partial charge in [-0.2, -0.15) is 8.78 Å². The van der Waals surface area contributed by atoms with Crippen LogP contribution in [0.5, 0.6) is 11.5 Å². The van der Waals surface area contributed by atoms with Gasteiger partial charge in [0.15, 0.2) is 11.5 Å². The molecule has 1 atom stereocenters. The summed E-state index contributed by atoms with van der Waals surface area (Å²) in [6.45, 7) is 2.63. The van der Waals surface area contributed by atoms with Gasteiger partial charge in [-0.05, 0) is 93.2 Å². The normalized spacial score (nSPS) is 26.7. The van der Waals surface area contributed by atoms with E-state index in [2.05, 4.69) is 13.0 Å². The quantitative estimate of drug-likeness (QED) is 0.355. The maximum atomic E-state index is 14.5. The van der Waals surface area contributed by atoms with E-state index in [0.29, 0.717) is 6.61 Å². The van der Waals surface area contributed by atoms with Crippen molar-refractivity contribution in [2.24, 2.45) is 17.8 Å². The van der Waals surface area contributed by atoms with Crippen LogP contribution in [-0.4, -0.2) is 12.7 Å². The van der Waals surface area contributed by atoms with E-state index in [9.17, 15) is 8.78 Å². The minimum absolute atomic E-state index is 0.00222. The summed E-state index contributed by atoms with van der Waals surface area (Å²) in [6.07, 6.45) is 19.3. The predicted molar refractivity (Wildman–Crippen MR) is 125 cm³/mol. The lowest BCUT2D eigenvalue weighted by Gasteiger charge is -2.35. The minimum atomic E-state index is -0.936. The van der Waals surface area contributed by atoms with Crippen molar-refractivity contribution >= 4 is 0 Å². The molecule has 2 nitrogen and oxygen atoms in total. The number of halogens is 2. The first-order valence-corrected chi connectivity index (χ1v) is 13.1. The van der Waals surface area contributed by atoms with E-state index in [4.69, 9.17) is 9.47 Å². The van der Waals surface area contributed by atoms with Crippen LogP contribution in [0.1, 0.15) is 96.8 Å². The van der Waals surface area contributed by atoms with E-state index in [1.54, 1.807) is 0 Å². The third-order valence-electron chi connectivity index (χ3n) is 8.09. The zero-order valence-electron chi connectivity index (χ0n) is 19.7. The van der Waals surface area contributed by atoms with Gasteiger partial charge in [-0.25, -0.2) is 0 Å². The molecule has 4 heteroatoms. The Kier molecular flexibility index (Phi) is 8.49. The first-order chi connectivity index (χ1) is 15.6. The molecule has 0 heterocycles. The number of benzene rings is 1. The molecule has 1 aromatic carbocycles. The second-order valence-electron chi connectivity index (χ2n) is 10.3. The summed E-state index contributed by atoms with van der Waals surface area (Å²) in [6, 6.07) is 3.01. The average Bonchev–Trinajstić information content (AvgIpc) is 3.34. The molecule has 32 heavy (non-hydrogen) atoms. The molecular weight excluding hydrogens is 406 g/mol. The molecule has 0 bridgehead atoms. The number of allylic oxidation sites excluding steroid dienone is 1. The second kappa shape index (κ2) is 11.5. The van der Waals surface area contributed by atoms with Crippen molar-refractivity contribution in [2.45, 2.75) is 103 Å². The molecule has 1 aromatic rings. The third-order valence-corrected chi connectivity index (χ3v) is 8.09. The molecule has 1 unspecified atom stereocenters. The fraction of sp³-hybridized carbons (Fsp3) is 0.714. The average molecular weight is 447 g/mol. The minimum Gasteiger partial charge on any atom is -0.487 e. The molecule has 0 amide bonds. The van der Waals surface area contributed by atoms with Crippen molar-refractivity contribution < 1.29 is 18.3 Å². The summed E-state index contributed by atoms with van der Waals surface area (Å²) in [7, 11) is 0. The lowest BCUT2D eigenvalue weighted by atomic mass is 9.71. The van der Waals surface area contributed by atoms with Gasteiger partial charge in [0.05, 0.1) is 6.10 Å². The van der Waals surface area contributed by atoms with Gasteiger partial charge in [0, 0.05) is 0 Å². The Labute approximate surface area is 192 Å². The van der Waals surface area contributed by atoms with Crippen LogP contribution in [0.3, 0.4) is 0 Å². The molecule has 3 aliphatic rings. The molecular formula is C28H40F2O2. The van der Waals surface area contributed by atoms with Crippen molar-refractivity contribution in [3.63, 3.8) is 0 Å². The Morgan fingerprint density at radius 1 is 0.875 bits per heavy atom. The molecule has 0 saturated heterocycles. The smallest absolute Gasteiger partial charge is 0.204 e. The summed E-state index contributed by atoms with van der Waals surface area (Å²) in [5.41, 5.74) is 1.21. The van der Waals surface area contributed by atoms with E-state index in [-0.39, 0.29) is 17.6 Å². The van der Waals surface area contributed by atoms with Gasteiger partial charge >= 0.3 is 0 Å². The van der Waals surface area contributed by atoms with Crippen LogP contribution in [-0.2, 0) is 0 Å². The highest BCUT2D eigenvalue weighted by atomic mass is 19.2. The third kappa shape index (κ3) is 6.05. The fourth-order valence-electron chi connectivity index (χ4n) is 5.98. The highest BCUT2D eigenvalue weighted by molar-refractivity contribution is 5.35. The second-order valence-corrected chi connectivity index (χ2v) is 10.3. The summed E-state index contributed by atoms with van der Waals surface area (Å²) in [5.74, 6) is 0.731. The van der Waals surface area contributed by atoms with Crippen molar-refractivity contribution in [2.75, 3.05) is 6.61 Å². The molecule has 0 radical (unpaired) electrons. The van der Waals surface area contributed by atoms with Crippen molar-refractivity contribution in [1.29, 1.82) is 0 Å². The van der Waals surface area contributed by atoms with Crippen LogP contribution in [0.25, 0.3) is 0 Å². The maximum Gasteiger partial charge on any atom is 0.204 e. The molecule has 2 fully saturated rings. The van der Waals surface area contributed by atoms with Gasteiger partial charge in [0.25, 0.3) is 0 Å². The maximum absolute atomic E-state index is 14.5. The molecule has 0 N–H and O–H groups in total. The van der Waals surface area contributed by atoms with Gasteiger partial charge in [-0.3, -0.25) is 0 Å². The molecule has 3 aliphatic carbocycles. The topological polar surface area (TPSA) is 18.5 Å². The molecule has 178 valence electrons. The number of ether oxygens (including phenoxy) is 2. The fourth-order valence-corrected chi connectivity index (χ4v) is 5.98. The Morgan fingerprint density at radius 2 is 1.59 bits per heavy atom. The van der Waals surface area contributed by atoms with Gasteiger partial charge < -0.3 is 9.47 Å². The summed E-state index contributed by atoms with van der Waals surface area (Å²) in [4.78, 5) is 0. The molecule has 0 aliphatic heterocycles. The standard InChI is InChI=1S/C28H40F2O2/c1-2-3-6-20-9-13-22(14-10-20)23-15-11-21(12-16-23)19-31-25-17-18-26(28(30)27(25)29)32-24-7-4-5-8-24/h11,17-18,20,22-24H,2-10,12-16,19H2,1H3. The molecule has 2 saturated carbocycles. The van der Waals surface area contributed by atoms with Crippen molar-refractivity contribution in [3.05, 3.63) is 35.4 Å².